The van der Waals surface area contributed by atoms with Gasteiger partial charge in [-0.2, -0.15) is 0 Å². The molecular formula is C23H15ClN4O2S2. The van der Waals surface area contributed by atoms with E-state index < -0.39 is 10.0 Å². The number of nitrogens with zero attached hydrogens (tertiary/aromatic N) is 3. The molecule has 0 amide bonds. The smallest absolute Gasteiger partial charge is 0.261 e. The van der Waals surface area contributed by atoms with Crippen LogP contribution < -0.4 is 4.72 Å². The van der Waals surface area contributed by atoms with Crippen LogP contribution in [0.2, 0.25) is 5.15 Å². The summed E-state index contributed by atoms with van der Waals surface area (Å²) in [5.41, 5.74) is 3.75. The number of nitrogens with one attached hydrogen (secondary N) is 1. The van der Waals surface area contributed by atoms with Gasteiger partial charge in [-0.1, -0.05) is 35.9 Å². The minimum Gasteiger partial charge on any atom is -0.276 e. The van der Waals surface area contributed by atoms with E-state index in [-0.39, 0.29) is 15.7 Å². The van der Waals surface area contributed by atoms with Crippen LogP contribution >= 0.6 is 22.9 Å². The predicted molar refractivity (Wildman–Crippen MR) is 128 cm³/mol. The van der Waals surface area contributed by atoms with E-state index >= 15 is 0 Å². The van der Waals surface area contributed by atoms with Crippen LogP contribution in [-0.4, -0.2) is 23.4 Å². The summed E-state index contributed by atoms with van der Waals surface area (Å²) in [5.74, 6) is 0. The second kappa shape index (κ2) is 8.31. The molecule has 0 saturated carbocycles. The average Bonchev–Trinajstić information content (AvgIpc) is 3.25. The SMILES string of the molecule is O=S(=O)(Nc1cc(-c2csc3ncc(-c4cccnc4)cc23)cnc1Cl)c1ccccc1. The van der Waals surface area contributed by atoms with E-state index in [1.54, 1.807) is 42.9 Å². The summed E-state index contributed by atoms with van der Waals surface area (Å²) in [4.78, 5) is 14.0. The summed E-state index contributed by atoms with van der Waals surface area (Å²) in [6.45, 7) is 0. The van der Waals surface area contributed by atoms with Gasteiger partial charge in [-0.25, -0.2) is 18.4 Å². The molecule has 0 saturated heterocycles. The Morgan fingerprint density at radius 1 is 0.875 bits per heavy atom. The third-order valence-electron chi connectivity index (χ3n) is 4.87. The third kappa shape index (κ3) is 3.95. The van der Waals surface area contributed by atoms with Crippen LogP contribution in [0.25, 0.3) is 32.5 Å². The molecule has 0 aliphatic carbocycles. The maximum atomic E-state index is 12.8. The number of pyridine rings is 3. The fourth-order valence-corrected chi connectivity index (χ4v) is 5.49. The molecule has 0 unspecified atom stereocenters. The van der Waals surface area contributed by atoms with Crippen molar-refractivity contribution in [1.82, 2.24) is 15.0 Å². The van der Waals surface area contributed by atoms with Crippen LogP contribution in [-0.2, 0) is 10.0 Å². The number of anilines is 1. The molecule has 4 aromatic heterocycles. The Kier molecular flexibility index (Phi) is 5.34. The van der Waals surface area contributed by atoms with Gasteiger partial charge in [0.05, 0.1) is 10.6 Å². The van der Waals surface area contributed by atoms with Crippen molar-refractivity contribution in [2.75, 3.05) is 4.72 Å². The maximum Gasteiger partial charge on any atom is 0.261 e. The summed E-state index contributed by atoms with van der Waals surface area (Å²) in [6.07, 6.45) is 6.96. The van der Waals surface area contributed by atoms with Crippen molar-refractivity contribution in [2.24, 2.45) is 0 Å². The molecule has 5 aromatic rings. The van der Waals surface area contributed by atoms with Crippen molar-refractivity contribution >= 4 is 48.9 Å². The van der Waals surface area contributed by atoms with E-state index in [2.05, 4.69) is 19.7 Å². The van der Waals surface area contributed by atoms with E-state index in [4.69, 9.17) is 11.6 Å². The minimum atomic E-state index is -3.80. The molecule has 0 radical (unpaired) electrons. The Balaban J connectivity index is 1.56. The molecule has 9 heteroatoms. The molecule has 0 atom stereocenters. The van der Waals surface area contributed by atoms with E-state index in [1.807, 2.05) is 29.8 Å². The molecule has 4 heterocycles. The zero-order chi connectivity index (χ0) is 22.1. The second-order valence-corrected chi connectivity index (χ2v) is 9.85. The molecule has 0 spiro atoms. The first-order chi connectivity index (χ1) is 15.5. The van der Waals surface area contributed by atoms with Gasteiger partial charge < -0.3 is 0 Å². The highest BCUT2D eigenvalue weighted by Crippen LogP contribution is 2.37. The Morgan fingerprint density at radius 3 is 2.47 bits per heavy atom. The van der Waals surface area contributed by atoms with Crippen molar-refractivity contribution in [3.63, 3.8) is 0 Å². The summed E-state index contributed by atoms with van der Waals surface area (Å²) >= 11 is 7.73. The fraction of sp³-hybridized carbons (Fsp3) is 0. The molecule has 1 aromatic carbocycles. The highest BCUT2D eigenvalue weighted by molar-refractivity contribution is 7.92. The highest BCUT2D eigenvalue weighted by atomic mass is 35.5. The van der Waals surface area contributed by atoms with Gasteiger partial charge in [-0.05, 0) is 30.3 Å². The van der Waals surface area contributed by atoms with E-state index in [0.717, 1.165) is 32.5 Å². The van der Waals surface area contributed by atoms with Crippen LogP contribution in [0.5, 0.6) is 0 Å². The molecule has 32 heavy (non-hydrogen) atoms. The van der Waals surface area contributed by atoms with Gasteiger partial charge in [-0.15, -0.1) is 11.3 Å². The number of fused-ring (bicyclic) bond motifs is 1. The zero-order valence-electron chi connectivity index (χ0n) is 16.4. The molecule has 158 valence electrons. The van der Waals surface area contributed by atoms with Gasteiger partial charge in [-0.3, -0.25) is 9.71 Å². The third-order valence-corrected chi connectivity index (χ3v) is 7.46. The molecule has 0 aliphatic heterocycles. The maximum absolute atomic E-state index is 12.8. The summed E-state index contributed by atoms with van der Waals surface area (Å²) < 4.78 is 28.1. The van der Waals surface area contributed by atoms with Crippen molar-refractivity contribution in [3.05, 3.63) is 89.9 Å². The standard InChI is InChI=1S/C23H15ClN4O2S2/c24-22-21(28-32(29,30)18-6-2-1-3-7-18)10-17(13-26-22)20-14-31-23-19(20)9-16(12-27-23)15-5-4-8-25-11-15/h1-14,28H. The number of thiophene rings is 1. The van der Waals surface area contributed by atoms with Gasteiger partial charge in [0.2, 0.25) is 0 Å². The molecule has 0 fully saturated rings. The Bertz CT molecular complexity index is 1520. The summed E-state index contributed by atoms with van der Waals surface area (Å²) in [7, 11) is -3.80. The number of aromatic nitrogens is 3. The average molecular weight is 479 g/mol. The predicted octanol–water partition coefficient (Wildman–Crippen LogP) is 5.87. The van der Waals surface area contributed by atoms with Gasteiger partial charge in [0.15, 0.2) is 5.15 Å². The lowest BCUT2D eigenvalue weighted by Gasteiger charge is -2.11. The lowest BCUT2D eigenvalue weighted by atomic mass is 10.0. The fourth-order valence-electron chi connectivity index (χ4n) is 3.30. The lowest BCUT2D eigenvalue weighted by Crippen LogP contribution is -2.13. The first-order valence-electron chi connectivity index (χ1n) is 9.53. The van der Waals surface area contributed by atoms with Gasteiger partial charge >= 0.3 is 0 Å². The van der Waals surface area contributed by atoms with Crippen LogP contribution in [0.1, 0.15) is 0 Å². The Labute approximate surface area is 193 Å². The van der Waals surface area contributed by atoms with Crippen LogP contribution in [0.15, 0.2) is 89.7 Å². The molecule has 6 nitrogen and oxygen atoms in total. The van der Waals surface area contributed by atoms with Crippen molar-refractivity contribution < 1.29 is 8.42 Å². The van der Waals surface area contributed by atoms with Crippen LogP contribution in [0.3, 0.4) is 0 Å². The lowest BCUT2D eigenvalue weighted by molar-refractivity contribution is 0.601. The monoisotopic (exact) mass is 478 g/mol. The highest BCUT2D eigenvalue weighted by Gasteiger charge is 2.18. The first kappa shape index (κ1) is 20.6. The van der Waals surface area contributed by atoms with Gasteiger partial charge in [0.1, 0.15) is 4.83 Å². The number of halogens is 1. The minimum absolute atomic E-state index is 0.0713. The van der Waals surface area contributed by atoms with Crippen LogP contribution in [0, 0.1) is 0 Å². The second-order valence-electron chi connectivity index (χ2n) is 6.95. The normalized spacial score (nSPS) is 11.5. The van der Waals surface area contributed by atoms with Crippen molar-refractivity contribution in [2.45, 2.75) is 4.90 Å². The number of hydrogen-bond donors (Lipinski definition) is 1. The molecule has 0 aliphatic rings. The van der Waals surface area contributed by atoms with E-state index in [9.17, 15) is 8.42 Å². The number of rotatable bonds is 5. The van der Waals surface area contributed by atoms with Gasteiger partial charge in [0, 0.05) is 57.8 Å². The van der Waals surface area contributed by atoms with Crippen LogP contribution in [0.4, 0.5) is 5.69 Å². The topological polar surface area (TPSA) is 84.8 Å². The van der Waals surface area contributed by atoms with Gasteiger partial charge in [0.25, 0.3) is 10.0 Å². The number of benzene rings is 1. The molecule has 5 rings (SSSR count). The summed E-state index contributed by atoms with van der Waals surface area (Å²) in [5, 5.41) is 2.99. The largest absolute Gasteiger partial charge is 0.276 e. The van der Waals surface area contributed by atoms with Crippen molar-refractivity contribution in [3.8, 4) is 22.3 Å². The Hall–Kier alpha value is -3.33. The van der Waals surface area contributed by atoms with E-state index in [1.165, 1.54) is 23.5 Å². The quantitative estimate of drug-likeness (QED) is 0.319. The molecule has 1 N–H and O–H groups in total. The Morgan fingerprint density at radius 2 is 1.69 bits per heavy atom. The molecular weight excluding hydrogens is 464 g/mol. The van der Waals surface area contributed by atoms with E-state index in [0.29, 0.717) is 0 Å². The first-order valence-corrected chi connectivity index (χ1v) is 12.3. The molecule has 0 bridgehead atoms. The number of sulfonamides is 1. The van der Waals surface area contributed by atoms with Crippen molar-refractivity contribution in [1.29, 1.82) is 0 Å². The number of hydrogen-bond acceptors (Lipinski definition) is 6. The summed E-state index contributed by atoms with van der Waals surface area (Å²) in [6, 6.07) is 15.7. The zero-order valence-corrected chi connectivity index (χ0v) is 18.8.